The molecule has 2 nitrogen and oxygen atoms in total. The number of anilines is 2. The van der Waals surface area contributed by atoms with Gasteiger partial charge in [0.2, 0.25) is 0 Å². The standard InChI is InChI=1S/C11H15IN2S/c1-15-11(4-5-11)7-14-10-3-2-8(12)6-9(10)13/h2-3,6,14H,4-5,7,13H2,1H3. The first-order valence-corrected chi connectivity index (χ1v) is 7.30. The molecule has 0 heterocycles. The molecule has 1 aliphatic carbocycles. The van der Waals surface area contributed by atoms with Crippen molar-refractivity contribution in [1.29, 1.82) is 0 Å². The lowest BCUT2D eigenvalue weighted by molar-refractivity contribution is 0.950. The van der Waals surface area contributed by atoms with Gasteiger partial charge in [0.05, 0.1) is 11.4 Å². The van der Waals surface area contributed by atoms with Crippen LogP contribution in [0.3, 0.4) is 0 Å². The minimum Gasteiger partial charge on any atom is -0.397 e. The van der Waals surface area contributed by atoms with E-state index in [9.17, 15) is 0 Å². The van der Waals surface area contributed by atoms with Gasteiger partial charge in [-0.1, -0.05) is 0 Å². The van der Waals surface area contributed by atoms with Crippen molar-refractivity contribution in [2.75, 3.05) is 23.9 Å². The number of hydrogen-bond donors (Lipinski definition) is 2. The van der Waals surface area contributed by atoms with Crippen LogP contribution in [-0.2, 0) is 0 Å². The molecule has 1 aromatic rings. The van der Waals surface area contributed by atoms with E-state index in [-0.39, 0.29) is 0 Å². The van der Waals surface area contributed by atoms with Crippen LogP contribution in [0.1, 0.15) is 12.8 Å². The van der Waals surface area contributed by atoms with Gasteiger partial charge in [0.15, 0.2) is 0 Å². The average Bonchev–Trinajstić information content (AvgIpc) is 2.97. The Morgan fingerprint density at radius 1 is 1.53 bits per heavy atom. The second kappa shape index (κ2) is 4.41. The van der Waals surface area contributed by atoms with Crippen LogP contribution in [0.25, 0.3) is 0 Å². The molecule has 0 unspecified atom stereocenters. The molecule has 4 heteroatoms. The van der Waals surface area contributed by atoms with Crippen molar-refractivity contribution >= 4 is 45.7 Å². The van der Waals surface area contributed by atoms with E-state index < -0.39 is 0 Å². The molecule has 0 aliphatic heterocycles. The largest absolute Gasteiger partial charge is 0.397 e. The molecule has 1 aromatic carbocycles. The van der Waals surface area contributed by atoms with Gasteiger partial charge < -0.3 is 11.1 Å². The number of nitrogens with two attached hydrogens (primary N) is 1. The smallest absolute Gasteiger partial charge is 0.0575 e. The van der Waals surface area contributed by atoms with Gasteiger partial charge in [-0.3, -0.25) is 0 Å². The highest BCUT2D eigenvalue weighted by molar-refractivity contribution is 14.1. The van der Waals surface area contributed by atoms with Crippen molar-refractivity contribution in [1.82, 2.24) is 0 Å². The molecule has 0 spiro atoms. The van der Waals surface area contributed by atoms with Gasteiger partial charge in [-0.05, 0) is 59.9 Å². The lowest BCUT2D eigenvalue weighted by atomic mass is 10.2. The Balaban J connectivity index is 1.99. The topological polar surface area (TPSA) is 38.0 Å². The number of benzene rings is 1. The fourth-order valence-electron chi connectivity index (χ4n) is 1.54. The number of hydrogen-bond acceptors (Lipinski definition) is 3. The highest BCUT2D eigenvalue weighted by Gasteiger charge is 2.41. The third-order valence-electron chi connectivity index (χ3n) is 2.86. The Kier molecular flexibility index (Phi) is 3.35. The zero-order chi connectivity index (χ0) is 10.9. The minimum absolute atomic E-state index is 0.482. The van der Waals surface area contributed by atoms with Crippen molar-refractivity contribution in [3.05, 3.63) is 21.8 Å². The molecule has 0 bridgehead atoms. The molecule has 1 aliphatic rings. The molecule has 15 heavy (non-hydrogen) atoms. The Bertz CT molecular complexity index is 364. The predicted octanol–water partition coefficient (Wildman–Crippen LogP) is 3.18. The lowest BCUT2D eigenvalue weighted by Gasteiger charge is -2.15. The first kappa shape index (κ1) is 11.4. The summed E-state index contributed by atoms with van der Waals surface area (Å²) in [6.45, 7) is 1.03. The van der Waals surface area contributed by atoms with E-state index in [1.54, 1.807) is 0 Å². The van der Waals surface area contributed by atoms with Crippen molar-refractivity contribution in [3.63, 3.8) is 0 Å². The molecule has 82 valence electrons. The van der Waals surface area contributed by atoms with Gasteiger partial charge >= 0.3 is 0 Å². The second-order valence-electron chi connectivity index (χ2n) is 3.97. The van der Waals surface area contributed by atoms with Gasteiger partial charge in [-0.25, -0.2) is 0 Å². The average molecular weight is 334 g/mol. The number of rotatable bonds is 4. The molecular weight excluding hydrogens is 319 g/mol. The molecular formula is C11H15IN2S. The van der Waals surface area contributed by atoms with Crippen molar-refractivity contribution < 1.29 is 0 Å². The van der Waals surface area contributed by atoms with Crippen LogP contribution in [-0.4, -0.2) is 17.5 Å². The number of thioether (sulfide) groups is 1. The summed E-state index contributed by atoms with van der Waals surface area (Å²) in [5.74, 6) is 0. The quantitative estimate of drug-likeness (QED) is 0.656. The van der Waals surface area contributed by atoms with E-state index in [0.29, 0.717) is 4.75 Å². The molecule has 0 atom stereocenters. The Morgan fingerprint density at radius 3 is 2.80 bits per heavy atom. The zero-order valence-electron chi connectivity index (χ0n) is 8.72. The summed E-state index contributed by atoms with van der Waals surface area (Å²) in [6.07, 6.45) is 4.84. The third kappa shape index (κ3) is 2.72. The van der Waals surface area contributed by atoms with E-state index in [1.165, 1.54) is 16.4 Å². The maximum atomic E-state index is 5.94. The summed E-state index contributed by atoms with van der Waals surface area (Å²) in [5, 5.41) is 3.44. The van der Waals surface area contributed by atoms with E-state index in [4.69, 9.17) is 5.73 Å². The Morgan fingerprint density at radius 2 is 2.27 bits per heavy atom. The molecule has 1 saturated carbocycles. The highest BCUT2D eigenvalue weighted by Crippen LogP contribution is 2.47. The van der Waals surface area contributed by atoms with Gasteiger partial charge in [0.25, 0.3) is 0 Å². The van der Waals surface area contributed by atoms with Crippen LogP contribution in [0.5, 0.6) is 0 Å². The number of nitrogens with one attached hydrogen (secondary N) is 1. The highest BCUT2D eigenvalue weighted by atomic mass is 127. The summed E-state index contributed by atoms with van der Waals surface area (Å²) < 4.78 is 1.66. The summed E-state index contributed by atoms with van der Waals surface area (Å²) in [7, 11) is 0. The van der Waals surface area contributed by atoms with E-state index >= 15 is 0 Å². The Hall–Kier alpha value is -0.100. The first-order chi connectivity index (χ1) is 7.15. The van der Waals surface area contributed by atoms with Gasteiger partial charge in [0, 0.05) is 14.9 Å². The maximum Gasteiger partial charge on any atom is 0.0575 e. The van der Waals surface area contributed by atoms with Crippen LogP contribution in [0.2, 0.25) is 0 Å². The van der Waals surface area contributed by atoms with E-state index in [1.807, 2.05) is 17.8 Å². The molecule has 2 rings (SSSR count). The lowest BCUT2D eigenvalue weighted by Crippen LogP contribution is -2.18. The third-order valence-corrected chi connectivity index (χ3v) is 4.94. The molecule has 1 fully saturated rings. The minimum atomic E-state index is 0.482. The second-order valence-corrected chi connectivity index (χ2v) is 6.49. The van der Waals surface area contributed by atoms with Crippen LogP contribution in [0.15, 0.2) is 18.2 Å². The van der Waals surface area contributed by atoms with Crippen LogP contribution in [0, 0.1) is 3.57 Å². The monoisotopic (exact) mass is 334 g/mol. The molecule has 0 amide bonds. The van der Waals surface area contributed by atoms with Gasteiger partial charge in [-0.2, -0.15) is 11.8 Å². The number of halogens is 1. The SMILES string of the molecule is CSC1(CNc2ccc(I)cc2N)CC1. The normalized spacial score (nSPS) is 17.5. The first-order valence-electron chi connectivity index (χ1n) is 4.99. The van der Waals surface area contributed by atoms with Crippen LogP contribution < -0.4 is 11.1 Å². The summed E-state index contributed by atoms with van der Waals surface area (Å²) in [4.78, 5) is 0. The van der Waals surface area contributed by atoms with Crippen LogP contribution in [0.4, 0.5) is 11.4 Å². The van der Waals surface area contributed by atoms with Gasteiger partial charge in [0.1, 0.15) is 0 Å². The summed E-state index contributed by atoms with van der Waals surface area (Å²) >= 11 is 4.24. The van der Waals surface area contributed by atoms with Crippen molar-refractivity contribution in [2.45, 2.75) is 17.6 Å². The predicted molar refractivity (Wildman–Crippen MR) is 77.5 cm³/mol. The van der Waals surface area contributed by atoms with Gasteiger partial charge in [-0.15, -0.1) is 0 Å². The van der Waals surface area contributed by atoms with Crippen molar-refractivity contribution in [2.24, 2.45) is 0 Å². The summed E-state index contributed by atoms with van der Waals surface area (Å²) in [5.41, 5.74) is 7.85. The molecule has 0 radical (unpaired) electrons. The molecule has 0 aromatic heterocycles. The fourth-order valence-corrected chi connectivity index (χ4v) is 2.79. The summed E-state index contributed by atoms with van der Waals surface area (Å²) in [6, 6.07) is 6.15. The van der Waals surface area contributed by atoms with Crippen molar-refractivity contribution in [3.8, 4) is 0 Å². The maximum absolute atomic E-state index is 5.94. The van der Waals surface area contributed by atoms with E-state index in [0.717, 1.165) is 17.9 Å². The molecule has 3 N–H and O–H groups in total. The zero-order valence-corrected chi connectivity index (χ0v) is 11.7. The van der Waals surface area contributed by atoms with Crippen LogP contribution >= 0.6 is 34.4 Å². The molecule has 0 saturated heterocycles. The number of nitrogen functional groups attached to an aromatic ring is 1. The Labute approximate surface area is 109 Å². The fraction of sp³-hybridized carbons (Fsp3) is 0.455. The van der Waals surface area contributed by atoms with E-state index in [2.05, 4.69) is 46.3 Å².